The molecule has 0 N–H and O–H groups in total. The molecule has 0 aliphatic heterocycles. The van der Waals surface area contributed by atoms with Gasteiger partial charge in [-0.15, -0.1) is 0 Å². The lowest BCUT2D eigenvalue weighted by atomic mass is 9.73. The quantitative estimate of drug-likeness (QED) is 0.359. The highest BCUT2D eigenvalue weighted by atomic mass is 127. The van der Waals surface area contributed by atoms with Gasteiger partial charge in [0.2, 0.25) is 0 Å². The number of hydrogen-bond acceptors (Lipinski definition) is 1. The molecule has 0 spiro atoms. The lowest BCUT2D eigenvalue weighted by Crippen LogP contribution is -2.40. The highest BCUT2D eigenvalue weighted by Gasteiger charge is 2.38. The van der Waals surface area contributed by atoms with Crippen molar-refractivity contribution in [1.29, 1.82) is 0 Å². The summed E-state index contributed by atoms with van der Waals surface area (Å²) in [5.74, 6) is 1.45. The summed E-state index contributed by atoms with van der Waals surface area (Å²) in [7, 11) is 0. The van der Waals surface area contributed by atoms with Gasteiger partial charge in [-0.25, -0.2) is 8.78 Å². The van der Waals surface area contributed by atoms with Crippen LogP contribution in [0.4, 0.5) is 8.78 Å². The third-order valence-corrected chi connectivity index (χ3v) is 8.17. The maximum Gasteiger partial charge on any atom is 0.136 e. The Morgan fingerprint density at radius 3 is 2.00 bits per heavy atom. The van der Waals surface area contributed by atoms with E-state index in [-0.39, 0.29) is 17.9 Å². The zero-order chi connectivity index (χ0) is 17.1. The standard InChI is InChI=1S/C20H33F2IO/c1-13-2-3-16(20(22)19(13)21)12-24-18-10-6-15(7-11-18)14-4-8-17(23)9-5-14/h13-20H,2-12H2,1H3. The van der Waals surface area contributed by atoms with Crippen LogP contribution in [0.3, 0.4) is 0 Å². The average molecular weight is 454 g/mol. The number of hydrogen-bond donors (Lipinski definition) is 0. The molecule has 0 heterocycles. The maximum atomic E-state index is 14.1. The molecular formula is C20H33F2IO. The van der Waals surface area contributed by atoms with Crippen molar-refractivity contribution < 1.29 is 13.5 Å². The molecule has 3 saturated carbocycles. The molecule has 3 fully saturated rings. The average Bonchev–Trinajstić information content (AvgIpc) is 2.60. The van der Waals surface area contributed by atoms with E-state index in [1.165, 1.54) is 38.5 Å². The van der Waals surface area contributed by atoms with E-state index in [1.807, 2.05) is 6.92 Å². The first kappa shape index (κ1) is 19.3. The highest BCUT2D eigenvalue weighted by molar-refractivity contribution is 14.1. The van der Waals surface area contributed by atoms with Gasteiger partial charge in [-0.3, -0.25) is 0 Å². The van der Waals surface area contributed by atoms with Crippen LogP contribution in [0.25, 0.3) is 0 Å². The summed E-state index contributed by atoms with van der Waals surface area (Å²) in [5, 5.41) is 0. The van der Waals surface area contributed by atoms with E-state index in [4.69, 9.17) is 4.74 Å². The second kappa shape index (κ2) is 8.96. The topological polar surface area (TPSA) is 9.23 Å². The van der Waals surface area contributed by atoms with Gasteiger partial charge in [0.25, 0.3) is 0 Å². The fraction of sp³-hybridized carbons (Fsp3) is 1.00. The van der Waals surface area contributed by atoms with Gasteiger partial charge in [-0.2, -0.15) is 0 Å². The van der Waals surface area contributed by atoms with Crippen LogP contribution in [0.5, 0.6) is 0 Å². The Morgan fingerprint density at radius 1 is 0.792 bits per heavy atom. The molecule has 1 nitrogen and oxygen atoms in total. The van der Waals surface area contributed by atoms with Crippen LogP contribution in [0.15, 0.2) is 0 Å². The van der Waals surface area contributed by atoms with E-state index in [1.54, 1.807) is 0 Å². The van der Waals surface area contributed by atoms with Gasteiger partial charge < -0.3 is 4.74 Å². The molecule has 4 heteroatoms. The summed E-state index contributed by atoms with van der Waals surface area (Å²) in [6.07, 6.45) is 9.62. The van der Waals surface area contributed by atoms with Crippen molar-refractivity contribution in [3.63, 3.8) is 0 Å². The van der Waals surface area contributed by atoms with Gasteiger partial charge in [0.15, 0.2) is 0 Å². The molecule has 3 aliphatic carbocycles. The second-order valence-electron chi connectivity index (χ2n) is 8.59. The van der Waals surface area contributed by atoms with Gasteiger partial charge >= 0.3 is 0 Å². The maximum absolute atomic E-state index is 14.1. The number of alkyl halides is 3. The first-order valence-corrected chi connectivity index (χ1v) is 11.3. The summed E-state index contributed by atoms with van der Waals surface area (Å²) in [4.78, 5) is 0. The summed E-state index contributed by atoms with van der Waals surface area (Å²) < 4.78 is 34.9. The Balaban J connectivity index is 1.37. The van der Waals surface area contributed by atoms with Gasteiger partial charge in [-0.1, -0.05) is 29.5 Å². The Labute approximate surface area is 159 Å². The Hall–Kier alpha value is 0.550. The normalized spacial score (nSPS) is 47.5. The van der Waals surface area contributed by atoms with Gasteiger partial charge in [0.1, 0.15) is 12.3 Å². The molecule has 24 heavy (non-hydrogen) atoms. The van der Waals surface area contributed by atoms with Crippen LogP contribution in [0.2, 0.25) is 0 Å². The minimum atomic E-state index is -1.33. The van der Waals surface area contributed by atoms with E-state index in [9.17, 15) is 8.78 Å². The molecule has 4 atom stereocenters. The molecule has 0 aromatic carbocycles. The van der Waals surface area contributed by atoms with Crippen molar-refractivity contribution >= 4 is 22.6 Å². The third kappa shape index (κ3) is 4.83. The van der Waals surface area contributed by atoms with Crippen LogP contribution in [-0.2, 0) is 4.74 Å². The van der Waals surface area contributed by atoms with Crippen LogP contribution in [-0.4, -0.2) is 29.0 Å². The zero-order valence-electron chi connectivity index (χ0n) is 14.9. The van der Waals surface area contributed by atoms with E-state index in [0.717, 1.165) is 41.4 Å². The molecule has 0 bridgehead atoms. The van der Waals surface area contributed by atoms with Crippen LogP contribution < -0.4 is 0 Å². The zero-order valence-corrected chi connectivity index (χ0v) is 17.1. The van der Waals surface area contributed by atoms with Crippen LogP contribution >= 0.6 is 22.6 Å². The molecule has 0 amide bonds. The fourth-order valence-electron chi connectivity index (χ4n) is 5.08. The molecule has 3 rings (SSSR count). The summed E-state index contributed by atoms with van der Waals surface area (Å²) >= 11 is 2.60. The van der Waals surface area contributed by atoms with E-state index in [2.05, 4.69) is 22.6 Å². The van der Waals surface area contributed by atoms with Crippen molar-refractivity contribution in [1.82, 2.24) is 0 Å². The van der Waals surface area contributed by atoms with Gasteiger partial charge in [0.05, 0.1) is 12.7 Å². The molecule has 4 unspecified atom stereocenters. The van der Waals surface area contributed by atoms with Crippen molar-refractivity contribution in [3.8, 4) is 0 Å². The first-order valence-electron chi connectivity index (χ1n) is 10.1. The molecule has 0 aromatic heterocycles. The molecule has 0 saturated heterocycles. The highest BCUT2D eigenvalue weighted by Crippen LogP contribution is 2.41. The predicted molar refractivity (Wildman–Crippen MR) is 103 cm³/mol. The number of halogens is 3. The van der Waals surface area contributed by atoms with Crippen molar-refractivity contribution in [2.45, 2.75) is 93.5 Å². The molecule has 0 aromatic rings. The number of rotatable bonds is 4. The minimum Gasteiger partial charge on any atom is -0.378 e. The lowest BCUT2D eigenvalue weighted by Gasteiger charge is -2.38. The Morgan fingerprint density at radius 2 is 1.38 bits per heavy atom. The van der Waals surface area contributed by atoms with E-state index in [0.29, 0.717) is 6.61 Å². The lowest BCUT2D eigenvalue weighted by molar-refractivity contribution is -0.0534. The SMILES string of the molecule is CC1CCC(COC2CCC(C3CCC(I)CC3)CC2)C(F)C1F. The predicted octanol–water partition coefficient (Wildman–Crippen LogP) is 6.28. The Bertz CT molecular complexity index is 378. The monoisotopic (exact) mass is 454 g/mol. The minimum absolute atomic E-state index is 0.135. The summed E-state index contributed by atoms with van der Waals surface area (Å²) in [5.41, 5.74) is 0. The molecule has 0 radical (unpaired) electrons. The second-order valence-corrected chi connectivity index (χ2v) is 10.3. The van der Waals surface area contributed by atoms with Crippen LogP contribution in [0.1, 0.15) is 71.1 Å². The summed E-state index contributed by atoms with van der Waals surface area (Å²) in [6.45, 7) is 2.24. The Kier molecular flexibility index (Phi) is 7.21. The van der Waals surface area contributed by atoms with Crippen molar-refractivity contribution in [3.05, 3.63) is 0 Å². The number of ether oxygens (including phenoxy) is 1. The molecular weight excluding hydrogens is 421 g/mol. The van der Waals surface area contributed by atoms with Crippen molar-refractivity contribution in [2.75, 3.05) is 6.61 Å². The largest absolute Gasteiger partial charge is 0.378 e. The fourth-order valence-corrected chi connectivity index (χ4v) is 5.80. The van der Waals surface area contributed by atoms with Crippen molar-refractivity contribution in [2.24, 2.45) is 23.7 Å². The van der Waals surface area contributed by atoms with Gasteiger partial charge in [-0.05, 0) is 82.0 Å². The summed E-state index contributed by atoms with van der Waals surface area (Å²) in [6, 6.07) is 0. The van der Waals surface area contributed by atoms with E-state index < -0.39 is 12.3 Å². The molecule has 3 aliphatic rings. The molecule has 140 valence electrons. The van der Waals surface area contributed by atoms with Gasteiger partial charge in [0, 0.05) is 9.84 Å². The smallest absolute Gasteiger partial charge is 0.136 e. The van der Waals surface area contributed by atoms with Crippen LogP contribution in [0, 0.1) is 23.7 Å². The third-order valence-electron chi connectivity index (χ3n) is 6.92. The first-order chi connectivity index (χ1) is 11.5. The van der Waals surface area contributed by atoms with E-state index >= 15 is 0 Å².